The first kappa shape index (κ1) is 16.2. The molecule has 1 aromatic rings. The van der Waals surface area contributed by atoms with Crippen molar-refractivity contribution in [2.45, 2.75) is 26.3 Å². The molecule has 1 aromatic carbocycles. The number of halogens is 1. The highest BCUT2D eigenvalue weighted by atomic mass is 79.9. The van der Waals surface area contributed by atoms with Gasteiger partial charge in [0.05, 0.1) is 6.04 Å². The molecule has 4 heteroatoms. The lowest BCUT2D eigenvalue weighted by molar-refractivity contribution is -0.120. The van der Waals surface area contributed by atoms with Crippen LogP contribution in [0.2, 0.25) is 0 Å². The van der Waals surface area contributed by atoms with E-state index in [4.69, 9.17) is 0 Å². The minimum atomic E-state index is 0.102. The summed E-state index contributed by atoms with van der Waals surface area (Å²) in [6.07, 6.45) is 0.528. The number of rotatable bonds is 8. The smallest absolute Gasteiger partial charge is 0.220 e. The molecule has 0 aliphatic heterocycles. The summed E-state index contributed by atoms with van der Waals surface area (Å²) >= 11 is 3.29. The predicted octanol–water partition coefficient (Wildman–Crippen LogP) is 2.97. The third-order valence-corrected chi connectivity index (χ3v) is 3.65. The van der Waals surface area contributed by atoms with Gasteiger partial charge in [-0.25, -0.2) is 0 Å². The van der Waals surface area contributed by atoms with Gasteiger partial charge in [0, 0.05) is 18.3 Å². The molecular formula is C15H23BrN2O. The van der Waals surface area contributed by atoms with Gasteiger partial charge in [-0.15, -0.1) is 0 Å². The molecule has 0 radical (unpaired) electrons. The number of nitrogens with zero attached hydrogens (tertiary/aromatic N) is 1. The zero-order valence-electron chi connectivity index (χ0n) is 11.7. The summed E-state index contributed by atoms with van der Waals surface area (Å²) in [5, 5.41) is 3.73. The van der Waals surface area contributed by atoms with Crippen molar-refractivity contribution in [3.05, 3.63) is 35.9 Å². The Morgan fingerprint density at radius 3 is 2.42 bits per heavy atom. The van der Waals surface area contributed by atoms with Crippen LogP contribution in [0, 0.1) is 0 Å². The van der Waals surface area contributed by atoms with E-state index in [9.17, 15) is 4.79 Å². The molecule has 1 N–H and O–H groups in total. The van der Waals surface area contributed by atoms with Gasteiger partial charge in [-0.05, 0) is 18.7 Å². The highest BCUT2D eigenvalue weighted by Gasteiger charge is 2.18. The molecule has 0 spiro atoms. The number of hydrogen-bond acceptors (Lipinski definition) is 2. The SMILES string of the molecule is CCN(CC)C(CNC(=O)CCBr)c1ccccc1. The summed E-state index contributed by atoms with van der Waals surface area (Å²) in [7, 11) is 0. The van der Waals surface area contributed by atoms with Crippen LogP contribution >= 0.6 is 15.9 Å². The van der Waals surface area contributed by atoms with E-state index in [-0.39, 0.29) is 11.9 Å². The Kier molecular flexibility index (Phi) is 7.75. The fraction of sp³-hybridized carbons (Fsp3) is 0.533. The second-order valence-corrected chi connectivity index (χ2v) is 5.18. The molecule has 0 bridgehead atoms. The van der Waals surface area contributed by atoms with Crippen LogP contribution in [0.3, 0.4) is 0 Å². The minimum Gasteiger partial charge on any atom is -0.354 e. The summed E-state index contributed by atoms with van der Waals surface area (Å²) in [4.78, 5) is 14.0. The number of carbonyl (C=O) groups excluding carboxylic acids is 1. The third-order valence-electron chi connectivity index (χ3n) is 3.25. The minimum absolute atomic E-state index is 0.102. The van der Waals surface area contributed by atoms with E-state index in [0.29, 0.717) is 18.3 Å². The van der Waals surface area contributed by atoms with Crippen molar-refractivity contribution in [1.82, 2.24) is 10.2 Å². The standard InChI is InChI=1S/C15H23BrN2O/c1-3-18(4-2)14(12-17-15(19)10-11-16)13-8-6-5-7-9-13/h5-9,14H,3-4,10-12H2,1-2H3,(H,17,19). The van der Waals surface area contributed by atoms with Gasteiger partial charge in [-0.3, -0.25) is 9.69 Å². The molecular weight excluding hydrogens is 304 g/mol. The predicted molar refractivity (Wildman–Crippen MR) is 83.5 cm³/mol. The second-order valence-electron chi connectivity index (χ2n) is 4.39. The van der Waals surface area contributed by atoms with E-state index >= 15 is 0 Å². The molecule has 1 atom stereocenters. The molecule has 1 unspecified atom stereocenters. The van der Waals surface area contributed by atoms with Crippen molar-refractivity contribution in [3.63, 3.8) is 0 Å². The van der Waals surface area contributed by atoms with Gasteiger partial charge >= 0.3 is 0 Å². The van der Waals surface area contributed by atoms with Gasteiger partial charge in [0.15, 0.2) is 0 Å². The highest BCUT2D eigenvalue weighted by molar-refractivity contribution is 9.09. The van der Waals surface area contributed by atoms with Crippen molar-refractivity contribution >= 4 is 21.8 Å². The quantitative estimate of drug-likeness (QED) is 0.745. The number of likely N-dealkylation sites (N-methyl/N-ethyl adjacent to an activating group) is 1. The Morgan fingerprint density at radius 2 is 1.89 bits per heavy atom. The van der Waals surface area contributed by atoms with Crippen LogP contribution in [0.4, 0.5) is 0 Å². The normalized spacial score (nSPS) is 12.4. The maximum absolute atomic E-state index is 11.6. The average Bonchev–Trinajstić information content (AvgIpc) is 2.44. The first-order valence-electron chi connectivity index (χ1n) is 6.84. The fourth-order valence-electron chi connectivity index (χ4n) is 2.18. The summed E-state index contributed by atoms with van der Waals surface area (Å²) in [6, 6.07) is 10.6. The monoisotopic (exact) mass is 326 g/mol. The van der Waals surface area contributed by atoms with Crippen molar-refractivity contribution in [2.24, 2.45) is 0 Å². The first-order valence-corrected chi connectivity index (χ1v) is 7.96. The maximum atomic E-state index is 11.6. The number of amides is 1. The lowest BCUT2D eigenvalue weighted by Crippen LogP contribution is -2.38. The van der Waals surface area contributed by atoms with E-state index < -0.39 is 0 Å². The third kappa shape index (κ3) is 5.33. The molecule has 0 aliphatic rings. The number of benzene rings is 1. The molecule has 0 aliphatic carbocycles. The van der Waals surface area contributed by atoms with Crippen LogP contribution in [0.25, 0.3) is 0 Å². The van der Waals surface area contributed by atoms with E-state index in [0.717, 1.165) is 13.1 Å². The molecule has 3 nitrogen and oxygen atoms in total. The van der Waals surface area contributed by atoms with Crippen molar-refractivity contribution in [2.75, 3.05) is 25.0 Å². The van der Waals surface area contributed by atoms with Crippen LogP contribution in [-0.4, -0.2) is 35.8 Å². The number of carbonyl (C=O) groups is 1. The van der Waals surface area contributed by atoms with Gasteiger partial charge in [0.2, 0.25) is 5.91 Å². The first-order chi connectivity index (χ1) is 9.22. The van der Waals surface area contributed by atoms with E-state index in [1.807, 2.05) is 18.2 Å². The van der Waals surface area contributed by atoms with Crippen LogP contribution in [-0.2, 0) is 4.79 Å². The van der Waals surface area contributed by atoms with E-state index in [1.165, 1.54) is 5.56 Å². The number of alkyl halides is 1. The Morgan fingerprint density at radius 1 is 1.26 bits per heavy atom. The molecule has 0 fully saturated rings. The summed E-state index contributed by atoms with van der Waals surface area (Å²) in [6.45, 7) is 6.92. The summed E-state index contributed by atoms with van der Waals surface area (Å²) < 4.78 is 0. The van der Waals surface area contributed by atoms with Gasteiger partial charge in [0.1, 0.15) is 0 Å². The van der Waals surface area contributed by atoms with Gasteiger partial charge < -0.3 is 5.32 Å². The Balaban J connectivity index is 2.73. The zero-order chi connectivity index (χ0) is 14.1. The molecule has 0 saturated heterocycles. The van der Waals surface area contributed by atoms with Crippen LogP contribution in [0.15, 0.2) is 30.3 Å². The fourth-order valence-corrected chi connectivity index (χ4v) is 2.54. The Labute approximate surface area is 124 Å². The summed E-state index contributed by atoms with van der Waals surface area (Å²) in [5.74, 6) is 0.102. The molecule has 106 valence electrons. The van der Waals surface area contributed by atoms with E-state index in [2.05, 4.69) is 52.1 Å². The molecule has 1 rings (SSSR count). The topological polar surface area (TPSA) is 32.3 Å². The van der Waals surface area contributed by atoms with E-state index in [1.54, 1.807) is 0 Å². The van der Waals surface area contributed by atoms with Crippen LogP contribution < -0.4 is 5.32 Å². The Bertz CT molecular complexity index is 366. The molecule has 0 heterocycles. The van der Waals surface area contributed by atoms with Gasteiger partial charge in [-0.1, -0.05) is 60.1 Å². The maximum Gasteiger partial charge on any atom is 0.220 e. The largest absolute Gasteiger partial charge is 0.354 e. The molecule has 19 heavy (non-hydrogen) atoms. The van der Waals surface area contributed by atoms with Gasteiger partial charge in [0.25, 0.3) is 0 Å². The zero-order valence-corrected chi connectivity index (χ0v) is 13.3. The molecule has 1 amide bonds. The lowest BCUT2D eigenvalue weighted by Gasteiger charge is -2.30. The van der Waals surface area contributed by atoms with Crippen LogP contribution in [0.5, 0.6) is 0 Å². The molecule has 0 aromatic heterocycles. The number of hydrogen-bond donors (Lipinski definition) is 1. The van der Waals surface area contributed by atoms with Crippen molar-refractivity contribution in [1.29, 1.82) is 0 Å². The highest BCUT2D eigenvalue weighted by Crippen LogP contribution is 2.19. The summed E-state index contributed by atoms with van der Waals surface area (Å²) in [5.41, 5.74) is 1.25. The average molecular weight is 327 g/mol. The van der Waals surface area contributed by atoms with Gasteiger partial charge in [-0.2, -0.15) is 0 Å². The molecule has 0 saturated carbocycles. The Hall–Kier alpha value is -0.870. The van der Waals surface area contributed by atoms with Crippen molar-refractivity contribution in [3.8, 4) is 0 Å². The second kappa shape index (κ2) is 9.10. The van der Waals surface area contributed by atoms with Crippen LogP contribution in [0.1, 0.15) is 31.9 Å². The number of nitrogens with one attached hydrogen (secondary N) is 1. The van der Waals surface area contributed by atoms with Crippen molar-refractivity contribution < 1.29 is 4.79 Å². The lowest BCUT2D eigenvalue weighted by atomic mass is 10.1.